The van der Waals surface area contributed by atoms with Crippen LogP contribution < -0.4 is 0 Å². The van der Waals surface area contributed by atoms with Crippen LogP contribution in [0.15, 0.2) is 23.8 Å². The maximum absolute atomic E-state index is 12.9. The summed E-state index contributed by atoms with van der Waals surface area (Å²) < 4.78 is 49.9. The Morgan fingerprint density at radius 3 is 2.24 bits per heavy atom. The first kappa shape index (κ1) is 12.7. The lowest BCUT2D eigenvalue weighted by atomic mass is 10.1. The molecule has 0 atom stereocenters. The lowest BCUT2D eigenvalue weighted by Gasteiger charge is -2.08. The van der Waals surface area contributed by atoms with Crippen molar-refractivity contribution in [3.8, 4) is 12.1 Å². The second-order valence-electron chi connectivity index (χ2n) is 3.02. The summed E-state index contributed by atoms with van der Waals surface area (Å²) in [6, 6.07) is 5.24. The Morgan fingerprint density at radius 2 is 1.76 bits per heavy atom. The average molecular weight is 240 g/mol. The molecule has 0 bridgehead atoms. The number of rotatable bonds is 1. The molecule has 0 aliphatic heterocycles. The topological polar surface area (TPSA) is 47.6 Å². The Morgan fingerprint density at radius 1 is 1.18 bits per heavy atom. The minimum absolute atomic E-state index is 0.0585. The van der Waals surface area contributed by atoms with E-state index >= 15 is 0 Å². The van der Waals surface area contributed by atoms with E-state index in [9.17, 15) is 17.6 Å². The van der Waals surface area contributed by atoms with Gasteiger partial charge in [0.15, 0.2) is 0 Å². The smallest absolute Gasteiger partial charge is 0.206 e. The van der Waals surface area contributed by atoms with Crippen molar-refractivity contribution >= 4 is 6.08 Å². The SMILES string of the molecule is N#CC(C#N)=Cc1ccc(F)c(C(F)(F)F)c1. The molecule has 1 rings (SSSR count). The highest BCUT2D eigenvalue weighted by molar-refractivity contribution is 5.62. The molecule has 0 N–H and O–H groups in total. The van der Waals surface area contributed by atoms with E-state index in [-0.39, 0.29) is 11.1 Å². The molecule has 0 aliphatic carbocycles. The highest BCUT2D eigenvalue weighted by Crippen LogP contribution is 2.32. The van der Waals surface area contributed by atoms with Crippen LogP contribution in [0.5, 0.6) is 0 Å². The van der Waals surface area contributed by atoms with Gasteiger partial charge in [0.2, 0.25) is 0 Å². The molecule has 0 fully saturated rings. The molecule has 0 amide bonds. The van der Waals surface area contributed by atoms with Crippen molar-refractivity contribution in [2.24, 2.45) is 0 Å². The number of hydrogen-bond acceptors (Lipinski definition) is 2. The summed E-state index contributed by atoms with van der Waals surface area (Å²) in [5, 5.41) is 16.9. The molecule has 17 heavy (non-hydrogen) atoms. The second kappa shape index (κ2) is 4.67. The summed E-state index contributed by atoms with van der Waals surface area (Å²) in [6.45, 7) is 0. The molecule has 1 aromatic rings. The first-order valence-corrected chi connectivity index (χ1v) is 4.27. The van der Waals surface area contributed by atoms with Crippen molar-refractivity contribution < 1.29 is 17.6 Å². The fraction of sp³-hybridized carbons (Fsp3) is 0.0909. The van der Waals surface area contributed by atoms with Crippen LogP contribution in [0.3, 0.4) is 0 Å². The highest BCUT2D eigenvalue weighted by Gasteiger charge is 2.34. The zero-order chi connectivity index (χ0) is 13.1. The Labute approximate surface area is 94.0 Å². The molecule has 0 heterocycles. The van der Waals surface area contributed by atoms with Crippen LogP contribution in [0.4, 0.5) is 17.6 Å². The summed E-state index contributed by atoms with van der Waals surface area (Å²) in [5.74, 6) is -1.40. The molecule has 0 spiro atoms. The standard InChI is InChI=1S/C11H4F4N2/c12-10-2-1-7(3-8(5-16)6-17)4-9(10)11(13,14)15/h1-4H. The lowest BCUT2D eigenvalue weighted by Crippen LogP contribution is -2.08. The van der Waals surface area contributed by atoms with Gasteiger partial charge in [0, 0.05) is 0 Å². The summed E-state index contributed by atoms with van der Waals surface area (Å²) in [6.07, 6.45) is -3.86. The van der Waals surface area contributed by atoms with E-state index in [1.807, 2.05) is 0 Å². The predicted octanol–water partition coefficient (Wildman–Crippen LogP) is 3.28. The molecule has 2 nitrogen and oxygen atoms in total. The van der Waals surface area contributed by atoms with Crippen LogP contribution >= 0.6 is 0 Å². The Bertz CT molecular complexity index is 528. The quantitative estimate of drug-likeness (QED) is 0.558. The van der Waals surface area contributed by atoms with Gasteiger partial charge < -0.3 is 0 Å². The third-order valence-corrected chi connectivity index (χ3v) is 1.85. The number of nitrogens with zero attached hydrogens (tertiary/aromatic N) is 2. The van der Waals surface area contributed by atoms with E-state index in [4.69, 9.17) is 10.5 Å². The monoisotopic (exact) mass is 240 g/mol. The number of hydrogen-bond donors (Lipinski definition) is 0. The fourth-order valence-corrected chi connectivity index (χ4v) is 1.11. The number of alkyl halides is 3. The van der Waals surface area contributed by atoms with Gasteiger partial charge in [0.25, 0.3) is 0 Å². The molecule has 0 saturated heterocycles. The summed E-state index contributed by atoms with van der Waals surface area (Å²) in [4.78, 5) is 0. The summed E-state index contributed by atoms with van der Waals surface area (Å²) in [7, 11) is 0. The minimum Gasteiger partial charge on any atom is -0.206 e. The van der Waals surface area contributed by atoms with E-state index < -0.39 is 17.6 Å². The maximum atomic E-state index is 12.9. The van der Waals surface area contributed by atoms with Crippen LogP contribution in [0.2, 0.25) is 0 Å². The van der Waals surface area contributed by atoms with Gasteiger partial charge in [-0.3, -0.25) is 0 Å². The van der Waals surface area contributed by atoms with Crippen molar-refractivity contribution in [2.45, 2.75) is 6.18 Å². The lowest BCUT2D eigenvalue weighted by molar-refractivity contribution is -0.140. The van der Waals surface area contributed by atoms with Gasteiger partial charge in [-0.2, -0.15) is 23.7 Å². The van der Waals surface area contributed by atoms with Crippen LogP contribution in [-0.2, 0) is 6.18 Å². The van der Waals surface area contributed by atoms with Gasteiger partial charge >= 0.3 is 6.18 Å². The van der Waals surface area contributed by atoms with E-state index in [1.54, 1.807) is 0 Å². The Balaban J connectivity index is 3.30. The molecular formula is C11H4F4N2. The number of allylic oxidation sites excluding steroid dienone is 1. The van der Waals surface area contributed by atoms with E-state index in [2.05, 4.69) is 0 Å². The summed E-state index contributed by atoms with van der Waals surface area (Å²) >= 11 is 0. The third kappa shape index (κ3) is 3.05. The van der Waals surface area contributed by atoms with E-state index in [0.717, 1.165) is 12.1 Å². The van der Waals surface area contributed by atoms with Crippen molar-refractivity contribution in [1.82, 2.24) is 0 Å². The summed E-state index contributed by atoms with van der Waals surface area (Å²) in [5.41, 5.74) is -1.84. The van der Waals surface area contributed by atoms with Crippen LogP contribution in [0.25, 0.3) is 6.08 Å². The van der Waals surface area contributed by atoms with E-state index in [1.165, 1.54) is 12.1 Å². The van der Waals surface area contributed by atoms with Gasteiger partial charge in [-0.1, -0.05) is 6.07 Å². The third-order valence-electron chi connectivity index (χ3n) is 1.85. The molecule has 6 heteroatoms. The van der Waals surface area contributed by atoms with Crippen LogP contribution in [0.1, 0.15) is 11.1 Å². The first-order valence-electron chi connectivity index (χ1n) is 4.27. The highest BCUT2D eigenvalue weighted by atomic mass is 19.4. The largest absolute Gasteiger partial charge is 0.419 e. The average Bonchev–Trinajstić information content (AvgIpc) is 2.26. The van der Waals surface area contributed by atoms with Crippen LogP contribution in [-0.4, -0.2) is 0 Å². The van der Waals surface area contributed by atoms with Gasteiger partial charge in [-0.25, -0.2) is 4.39 Å². The zero-order valence-electron chi connectivity index (χ0n) is 8.22. The van der Waals surface area contributed by atoms with Crippen molar-refractivity contribution in [1.29, 1.82) is 10.5 Å². The second-order valence-corrected chi connectivity index (χ2v) is 3.02. The van der Waals surface area contributed by atoms with Crippen LogP contribution in [0, 0.1) is 28.5 Å². The number of halogens is 4. The Kier molecular flexibility index (Phi) is 3.49. The van der Waals surface area contributed by atoms with Gasteiger partial charge in [-0.15, -0.1) is 0 Å². The molecular weight excluding hydrogens is 236 g/mol. The molecule has 86 valence electrons. The molecule has 1 aromatic carbocycles. The maximum Gasteiger partial charge on any atom is 0.419 e. The first-order chi connectivity index (χ1) is 7.88. The normalized spacial score (nSPS) is 10.2. The van der Waals surface area contributed by atoms with Crippen molar-refractivity contribution in [3.63, 3.8) is 0 Å². The zero-order valence-corrected chi connectivity index (χ0v) is 8.22. The molecule has 0 unspecified atom stereocenters. The molecule has 0 radical (unpaired) electrons. The van der Waals surface area contributed by atoms with Gasteiger partial charge in [-0.05, 0) is 23.8 Å². The minimum atomic E-state index is -4.81. The molecule has 0 saturated carbocycles. The van der Waals surface area contributed by atoms with Crippen molar-refractivity contribution in [3.05, 3.63) is 40.7 Å². The van der Waals surface area contributed by atoms with Gasteiger partial charge in [0.1, 0.15) is 23.5 Å². The fourth-order valence-electron chi connectivity index (χ4n) is 1.11. The van der Waals surface area contributed by atoms with Gasteiger partial charge in [0.05, 0.1) is 5.56 Å². The van der Waals surface area contributed by atoms with E-state index in [0.29, 0.717) is 12.1 Å². The molecule has 0 aromatic heterocycles. The van der Waals surface area contributed by atoms with Crippen molar-refractivity contribution in [2.75, 3.05) is 0 Å². The Hall–Kier alpha value is -2.34. The number of benzene rings is 1. The number of nitriles is 2. The molecule has 0 aliphatic rings. The predicted molar refractivity (Wildman–Crippen MR) is 50.6 cm³/mol.